The highest BCUT2D eigenvalue weighted by Crippen LogP contribution is 2.36. The Bertz CT molecular complexity index is 1540. The van der Waals surface area contributed by atoms with Crippen LogP contribution in [0.5, 0.6) is 11.5 Å². The van der Waals surface area contributed by atoms with Gasteiger partial charge in [-0.1, -0.05) is 18.2 Å². The SMILES string of the molecule is CN1CC(=O)N(c2cccc(C(F)(F)F)c2)c2cccc(c2)Oc2cc(ccc2C#N)Cn2cncc2C1. The zero-order valence-corrected chi connectivity index (χ0v) is 20.3. The Morgan fingerprint density at radius 1 is 0.974 bits per heavy atom. The second kappa shape index (κ2) is 10.0. The van der Waals surface area contributed by atoms with Crippen molar-refractivity contribution in [2.24, 2.45) is 0 Å². The van der Waals surface area contributed by atoms with Gasteiger partial charge in [-0.3, -0.25) is 14.6 Å². The molecule has 7 nitrogen and oxygen atoms in total. The van der Waals surface area contributed by atoms with Gasteiger partial charge in [0.05, 0.1) is 35.4 Å². The average molecular weight is 518 g/mol. The fourth-order valence-electron chi connectivity index (χ4n) is 4.37. The standard InChI is InChI=1S/C28H22F3N5O2/c1-34-16-24-14-33-18-35(24)15-19-8-9-20(13-32)26(10-19)38-25-7-3-6-23(12-25)36(27(37)17-34)22-5-2-4-21(11-22)28(29,30)31/h2-12,14,18H,15-17H2,1H3. The first-order chi connectivity index (χ1) is 18.2. The molecule has 0 saturated carbocycles. The Labute approximate surface area is 216 Å². The quantitative estimate of drug-likeness (QED) is 0.323. The van der Waals surface area contributed by atoms with Crippen LogP contribution in [0, 0.1) is 11.3 Å². The van der Waals surface area contributed by atoms with Crippen LogP contribution >= 0.6 is 0 Å². The van der Waals surface area contributed by atoms with Crippen molar-refractivity contribution in [2.45, 2.75) is 19.3 Å². The highest BCUT2D eigenvalue weighted by atomic mass is 19.4. The van der Waals surface area contributed by atoms with Gasteiger partial charge in [0, 0.05) is 31.0 Å². The number of carbonyl (C=O) groups excluding carboxylic acids is 1. The average Bonchev–Trinajstić information content (AvgIpc) is 3.30. The largest absolute Gasteiger partial charge is 0.456 e. The molecule has 3 aromatic carbocycles. The van der Waals surface area contributed by atoms with E-state index in [-0.39, 0.29) is 12.2 Å². The summed E-state index contributed by atoms with van der Waals surface area (Å²) in [7, 11) is 1.76. The van der Waals surface area contributed by atoms with Crippen LogP contribution in [-0.2, 0) is 24.1 Å². The summed E-state index contributed by atoms with van der Waals surface area (Å²) >= 11 is 0. The molecule has 4 bridgehead atoms. The molecule has 2 heterocycles. The summed E-state index contributed by atoms with van der Waals surface area (Å²) < 4.78 is 48.5. The normalized spacial score (nSPS) is 14.6. The molecular weight excluding hydrogens is 495 g/mol. The van der Waals surface area contributed by atoms with Crippen LogP contribution < -0.4 is 9.64 Å². The number of halogens is 3. The number of benzene rings is 3. The van der Waals surface area contributed by atoms with Crippen molar-refractivity contribution < 1.29 is 22.7 Å². The lowest BCUT2D eigenvalue weighted by Gasteiger charge is -2.27. The summed E-state index contributed by atoms with van der Waals surface area (Å²) in [5, 5.41) is 9.62. The fraction of sp³-hybridized carbons (Fsp3) is 0.179. The highest BCUT2D eigenvalue weighted by Gasteiger charge is 2.32. The number of likely N-dealkylation sites (N-methyl/N-ethyl adjacent to an activating group) is 1. The lowest BCUT2D eigenvalue weighted by molar-refractivity contribution is -0.137. The number of fused-ring (bicyclic) bond motifs is 5. The lowest BCUT2D eigenvalue weighted by Crippen LogP contribution is -2.36. The Morgan fingerprint density at radius 2 is 1.74 bits per heavy atom. The Hall–Kier alpha value is -4.62. The second-order valence-corrected chi connectivity index (χ2v) is 9.00. The van der Waals surface area contributed by atoms with Gasteiger partial charge in [-0.05, 0) is 55.1 Å². The highest BCUT2D eigenvalue weighted by molar-refractivity contribution is 6.01. The minimum atomic E-state index is -4.57. The Kier molecular flexibility index (Phi) is 6.61. The number of ether oxygens (including phenoxy) is 1. The van der Waals surface area contributed by atoms with Gasteiger partial charge in [0.1, 0.15) is 17.6 Å². The number of alkyl halides is 3. The smallest absolute Gasteiger partial charge is 0.416 e. The number of rotatable bonds is 1. The number of nitrogens with zero attached hydrogens (tertiary/aromatic N) is 5. The van der Waals surface area contributed by atoms with Gasteiger partial charge in [-0.15, -0.1) is 0 Å². The minimum absolute atomic E-state index is 0.0706. The van der Waals surface area contributed by atoms with Gasteiger partial charge >= 0.3 is 6.18 Å². The van der Waals surface area contributed by atoms with Crippen LogP contribution in [0.25, 0.3) is 0 Å². The Morgan fingerprint density at radius 3 is 2.50 bits per heavy atom. The molecule has 1 aliphatic rings. The number of hydrogen-bond donors (Lipinski definition) is 0. The van der Waals surface area contributed by atoms with E-state index in [1.165, 1.54) is 17.0 Å². The van der Waals surface area contributed by atoms with Crippen LogP contribution in [0.15, 0.2) is 79.3 Å². The molecule has 0 unspecified atom stereocenters. The van der Waals surface area contributed by atoms with Crippen molar-refractivity contribution in [3.8, 4) is 17.6 Å². The summed E-state index contributed by atoms with van der Waals surface area (Å²) in [5.41, 5.74) is 1.58. The van der Waals surface area contributed by atoms with Gasteiger partial charge in [0.2, 0.25) is 5.91 Å². The van der Waals surface area contributed by atoms with Crippen molar-refractivity contribution in [1.82, 2.24) is 14.5 Å². The molecule has 0 fully saturated rings. The van der Waals surface area contributed by atoms with Gasteiger partial charge in [-0.25, -0.2) is 4.98 Å². The van der Waals surface area contributed by atoms with Crippen LogP contribution in [0.2, 0.25) is 0 Å². The summed E-state index contributed by atoms with van der Waals surface area (Å²) in [6.45, 7) is 0.774. The maximum absolute atomic E-state index is 13.6. The first-order valence-electron chi connectivity index (χ1n) is 11.7. The topological polar surface area (TPSA) is 74.4 Å². The van der Waals surface area contributed by atoms with Gasteiger partial charge < -0.3 is 9.30 Å². The molecule has 0 atom stereocenters. The second-order valence-electron chi connectivity index (χ2n) is 9.00. The molecule has 5 rings (SSSR count). The van der Waals surface area contributed by atoms with Gasteiger partial charge in [0.15, 0.2) is 0 Å². The summed E-state index contributed by atoms with van der Waals surface area (Å²) in [6, 6.07) is 18.5. The molecule has 0 aliphatic carbocycles. The van der Waals surface area contributed by atoms with E-state index in [9.17, 15) is 23.2 Å². The molecule has 4 aromatic rings. The molecular formula is C28H22F3N5O2. The third-order valence-corrected chi connectivity index (χ3v) is 6.14. The molecule has 192 valence electrons. The molecule has 0 spiro atoms. The third-order valence-electron chi connectivity index (χ3n) is 6.14. The monoisotopic (exact) mass is 517 g/mol. The maximum atomic E-state index is 13.6. The van der Waals surface area contributed by atoms with Crippen LogP contribution in [0.3, 0.4) is 0 Å². The van der Waals surface area contributed by atoms with Crippen molar-refractivity contribution in [3.63, 3.8) is 0 Å². The number of carbonyl (C=O) groups is 1. The summed E-state index contributed by atoms with van der Waals surface area (Å²) in [4.78, 5) is 20.9. The predicted octanol–water partition coefficient (Wildman–Crippen LogP) is 5.72. The fourth-order valence-corrected chi connectivity index (χ4v) is 4.37. The van der Waals surface area contributed by atoms with E-state index < -0.39 is 17.6 Å². The van der Waals surface area contributed by atoms with Crippen LogP contribution in [0.1, 0.15) is 22.4 Å². The van der Waals surface area contributed by atoms with Crippen molar-refractivity contribution >= 4 is 17.3 Å². The summed E-state index contributed by atoms with van der Waals surface area (Å²) in [6.07, 6.45) is -1.19. The first kappa shape index (κ1) is 25.0. The molecule has 0 radical (unpaired) electrons. The summed E-state index contributed by atoms with van der Waals surface area (Å²) in [5.74, 6) is 0.225. The lowest BCUT2D eigenvalue weighted by atomic mass is 10.1. The molecule has 0 saturated heterocycles. The van der Waals surface area contributed by atoms with E-state index in [0.717, 1.165) is 23.4 Å². The van der Waals surface area contributed by atoms with Gasteiger partial charge in [0.25, 0.3) is 0 Å². The molecule has 1 amide bonds. The van der Waals surface area contributed by atoms with Crippen molar-refractivity contribution in [3.05, 3.63) is 102 Å². The van der Waals surface area contributed by atoms with E-state index >= 15 is 0 Å². The number of nitriles is 1. The molecule has 1 aromatic heterocycles. The molecule has 1 aliphatic heterocycles. The van der Waals surface area contributed by atoms with E-state index in [0.29, 0.717) is 35.8 Å². The number of hydrogen-bond acceptors (Lipinski definition) is 5. The molecule has 38 heavy (non-hydrogen) atoms. The zero-order chi connectivity index (χ0) is 26.9. The maximum Gasteiger partial charge on any atom is 0.416 e. The third kappa shape index (κ3) is 5.23. The van der Waals surface area contributed by atoms with Crippen LogP contribution in [-0.4, -0.2) is 34.0 Å². The van der Waals surface area contributed by atoms with Crippen molar-refractivity contribution in [1.29, 1.82) is 5.26 Å². The van der Waals surface area contributed by atoms with Crippen molar-refractivity contribution in [2.75, 3.05) is 18.5 Å². The molecule has 10 heteroatoms. The number of imidazole rings is 1. The number of amides is 1. The van der Waals surface area contributed by atoms with E-state index in [1.54, 1.807) is 60.9 Å². The van der Waals surface area contributed by atoms with E-state index in [4.69, 9.17) is 4.74 Å². The first-order valence-corrected chi connectivity index (χ1v) is 11.7. The predicted molar refractivity (Wildman–Crippen MR) is 134 cm³/mol. The number of anilines is 2. The van der Waals surface area contributed by atoms with E-state index in [1.807, 2.05) is 10.6 Å². The zero-order valence-electron chi connectivity index (χ0n) is 20.3. The molecule has 0 N–H and O–H groups in total. The minimum Gasteiger partial charge on any atom is -0.456 e. The van der Waals surface area contributed by atoms with Gasteiger partial charge in [-0.2, -0.15) is 18.4 Å². The number of aromatic nitrogens is 2. The van der Waals surface area contributed by atoms with Crippen LogP contribution in [0.4, 0.5) is 24.5 Å². The van der Waals surface area contributed by atoms with E-state index in [2.05, 4.69) is 11.1 Å². The Balaban J connectivity index is 1.64.